The molecule has 2 N–H and O–H groups in total. The van der Waals surface area contributed by atoms with Crippen molar-refractivity contribution in [2.45, 2.75) is 76.7 Å². The van der Waals surface area contributed by atoms with Crippen LogP contribution in [0, 0.1) is 35.5 Å². The van der Waals surface area contributed by atoms with Crippen LogP contribution in [-0.4, -0.2) is 77.0 Å². The van der Waals surface area contributed by atoms with Crippen molar-refractivity contribution in [3.8, 4) is 0 Å². The standard InChI is InChI=1S/C29H39NO9/c1-6-16-19-9-8-17-22-23(32)18(12-35-5)25(38-28(34)21-11-30-13-36-21)26(17)39-29(19,22)15(4)10-14(3)24(20(31)7-2)37-27(16)33/h8-11,13-14,16-20,22-26,31-32H,6-7,12H2,1-5H3/b15-10+/t14-,16-,17-,18-,19-,20-,22+,23-,24+,25-,26-,29+/m1/s1. The lowest BCUT2D eigenvalue weighted by Crippen LogP contribution is -2.59. The Labute approximate surface area is 228 Å². The Kier molecular flexibility index (Phi) is 7.76. The minimum Gasteiger partial charge on any atom is -0.459 e. The molecule has 3 heterocycles. The zero-order chi connectivity index (χ0) is 28.1. The van der Waals surface area contributed by atoms with Crippen LogP contribution in [0.25, 0.3) is 0 Å². The largest absolute Gasteiger partial charge is 0.459 e. The van der Waals surface area contributed by atoms with E-state index in [9.17, 15) is 19.8 Å². The molecular weight excluding hydrogens is 506 g/mol. The molecule has 1 spiro atoms. The Morgan fingerprint density at radius 2 is 2.05 bits per heavy atom. The molecular formula is C29H39NO9. The molecule has 39 heavy (non-hydrogen) atoms. The van der Waals surface area contributed by atoms with Crippen LogP contribution in [-0.2, 0) is 23.7 Å². The van der Waals surface area contributed by atoms with Gasteiger partial charge in [-0.05, 0) is 25.3 Å². The molecule has 1 saturated heterocycles. The van der Waals surface area contributed by atoms with Gasteiger partial charge in [-0.3, -0.25) is 4.79 Å². The van der Waals surface area contributed by atoms with Crippen LogP contribution in [0.1, 0.15) is 51.1 Å². The van der Waals surface area contributed by atoms with E-state index in [0.29, 0.717) is 12.8 Å². The minimum atomic E-state index is -1.04. The first-order chi connectivity index (χ1) is 18.7. The molecule has 2 aliphatic heterocycles. The van der Waals surface area contributed by atoms with Crippen molar-refractivity contribution in [1.82, 2.24) is 4.98 Å². The van der Waals surface area contributed by atoms with Crippen molar-refractivity contribution in [1.29, 1.82) is 0 Å². The third kappa shape index (κ3) is 4.36. The highest BCUT2D eigenvalue weighted by Crippen LogP contribution is 2.62. The van der Waals surface area contributed by atoms with Crippen LogP contribution >= 0.6 is 0 Å². The molecule has 4 bridgehead atoms. The normalized spacial score (nSPS) is 43.3. The SMILES string of the molecule is CC[C@@H](O)[C@H]1OC(=O)[C@H](CC)[C@H]2C=C[C@H]3[C@H]4O[C@]2(/C(C)=C/[C@H]1C)[C@@H]3[C@H](O)[C@@H](COC)[C@H]4OC(=O)c1cnco1. The lowest BCUT2D eigenvalue weighted by molar-refractivity contribution is -0.168. The summed E-state index contributed by atoms with van der Waals surface area (Å²) < 4.78 is 29.5. The Morgan fingerprint density at radius 1 is 1.28 bits per heavy atom. The second-order valence-corrected chi connectivity index (χ2v) is 11.3. The van der Waals surface area contributed by atoms with E-state index in [2.05, 4.69) is 4.98 Å². The van der Waals surface area contributed by atoms with Crippen LogP contribution in [0.5, 0.6) is 0 Å². The van der Waals surface area contributed by atoms with Gasteiger partial charge in [0, 0.05) is 36.7 Å². The quantitative estimate of drug-likeness (QED) is 0.389. The van der Waals surface area contributed by atoms with Crippen LogP contribution < -0.4 is 0 Å². The molecule has 2 aliphatic carbocycles. The summed E-state index contributed by atoms with van der Waals surface area (Å²) in [4.78, 5) is 30.4. The fourth-order valence-electron chi connectivity index (χ4n) is 7.53. The second kappa shape index (κ2) is 10.8. The fraction of sp³-hybridized carbons (Fsp3) is 0.690. The summed E-state index contributed by atoms with van der Waals surface area (Å²) >= 11 is 0. The smallest absolute Gasteiger partial charge is 0.376 e. The molecule has 0 unspecified atom stereocenters. The number of cyclic esters (lactones) is 1. The Hall–Kier alpha value is -2.53. The number of carbonyl (C=O) groups excluding carboxylic acids is 2. The third-order valence-electron chi connectivity index (χ3n) is 9.32. The van der Waals surface area contributed by atoms with E-state index in [1.807, 2.05) is 45.9 Å². The number of ether oxygens (including phenoxy) is 4. The number of carbonyl (C=O) groups is 2. The number of aromatic nitrogens is 1. The van der Waals surface area contributed by atoms with Crippen LogP contribution in [0.3, 0.4) is 0 Å². The lowest BCUT2D eigenvalue weighted by atomic mass is 9.56. The summed E-state index contributed by atoms with van der Waals surface area (Å²) in [6.45, 7) is 7.81. The molecule has 2 fully saturated rings. The van der Waals surface area contributed by atoms with E-state index in [0.717, 1.165) is 12.0 Å². The van der Waals surface area contributed by atoms with Gasteiger partial charge in [0.05, 0.1) is 30.9 Å². The molecule has 12 atom stereocenters. The fourth-order valence-corrected chi connectivity index (χ4v) is 7.53. The molecule has 10 nitrogen and oxygen atoms in total. The highest BCUT2D eigenvalue weighted by molar-refractivity contribution is 5.86. The predicted octanol–water partition coefficient (Wildman–Crippen LogP) is 2.70. The van der Waals surface area contributed by atoms with Gasteiger partial charge in [-0.15, -0.1) is 0 Å². The zero-order valence-corrected chi connectivity index (χ0v) is 23.1. The van der Waals surface area contributed by atoms with Gasteiger partial charge in [-0.1, -0.05) is 39.0 Å². The maximum atomic E-state index is 13.6. The number of hydrogen-bond acceptors (Lipinski definition) is 10. The highest BCUT2D eigenvalue weighted by Gasteiger charge is 2.70. The van der Waals surface area contributed by atoms with E-state index >= 15 is 0 Å². The summed E-state index contributed by atoms with van der Waals surface area (Å²) in [5.41, 5.74) is -0.174. The lowest BCUT2D eigenvalue weighted by Gasteiger charge is -2.49. The summed E-state index contributed by atoms with van der Waals surface area (Å²) in [6.07, 6.45) is 5.48. The number of methoxy groups -OCH3 is 1. The average molecular weight is 546 g/mol. The number of hydrogen-bond donors (Lipinski definition) is 2. The van der Waals surface area contributed by atoms with Crippen LogP contribution in [0.15, 0.2) is 40.8 Å². The van der Waals surface area contributed by atoms with Gasteiger partial charge < -0.3 is 33.6 Å². The number of oxazole rings is 1. The van der Waals surface area contributed by atoms with Gasteiger partial charge in [0.2, 0.25) is 5.76 Å². The summed E-state index contributed by atoms with van der Waals surface area (Å²) in [7, 11) is 1.54. The molecule has 214 valence electrons. The Bertz CT molecular complexity index is 1120. The molecule has 0 amide bonds. The maximum absolute atomic E-state index is 13.6. The number of aliphatic hydroxyl groups is 2. The van der Waals surface area contributed by atoms with Crippen molar-refractivity contribution in [2.24, 2.45) is 35.5 Å². The van der Waals surface area contributed by atoms with Crippen molar-refractivity contribution in [3.63, 3.8) is 0 Å². The molecule has 1 aromatic heterocycles. The first kappa shape index (κ1) is 28.0. The summed E-state index contributed by atoms with van der Waals surface area (Å²) in [6, 6.07) is 0. The summed E-state index contributed by atoms with van der Waals surface area (Å²) in [5.74, 6) is -3.66. The molecule has 5 rings (SSSR count). The molecule has 10 heteroatoms. The number of esters is 2. The van der Waals surface area contributed by atoms with E-state index < -0.39 is 71.7 Å². The summed E-state index contributed by atoms with van der Waals surface area (Å²) in [5, 5.41) is 22.7. The number of aliphatic hydroxyl groups excluding tert-OH is 2. The first-order valence-electron chi connectivity index (χ1n) is 13.9. The Morgan fingerprint density at radius 3 is 2.69 bits per heavy atom. The molecule has 4 aliphatic rings. The van der Waals surface area contributed by atoms with E-state index in [-0.39, 0.29) is 24.2 Å². The highest BCUT2D eigenvalue weighted by atomic mass is 16.6. The third-order valence-corrected chi connectivity index (χ3v) is 9.32. The molecule has 1 aromatic rings. The number of rotatable bonds is 7. The molecule has 1 saturated carbocycles. The van der Waals surface area contributed by atoms with Gasteiger partial charge in [0.1, 0.15) is 23.9 Å². The maximum Gasteiger partial charge on any atom is 0.376 e. The minimum absolute atomic E-state index is 0.0445. The zero-order valence-electron chi connectivity index (χ0n) is 23.1. The van der Waals surface area contributed by atoms with Gasteiger partial charge in [-0.25, -0.2) is 9.78 Å². The van der Waals surface area contributed by atoms with Gasteiger partial charge in [0.15, 0.2) is 6.39 Å². The van der Waals surface area contributed by atoms with Crippen molar-refractivity contribution in [2.75, 3.05) is 13.7 Å². The van der Waals surface area contributed by atoms with Crippen LogP contribution in [0.4, 0.5) is 0 Å². The predicted molar refractivity (Wildman–Crippen MR) is 137 cm³/mol. The topological polar surface area (TPSA) is 138 Å². The van der Waals surface area contributed by atoms with Crippen molar-refractivity contribution < 1.29 is 43.2 Å². The van der Waals surface area contributed by atoms with E-state index in [4.69, 9.17) is 23.4 Å². The van der Waals surface area contributed by atoms with E-state index in [1.165, 1.54) is 13.3 Å². The molecule has 0 aromatic carbocycles. The second-order valence-electron chi connectivity index (χ2n) is 11.3. The van der Waals surface area contributed by atoms with Crippen molar-refractivity contribution >= 4 is 11.9 Å². The first-order valence-corrected chi connectivity index (χ1v) is 13.9. The van der Waals surface area contributed by atoms with Crippen LogP contribution in [0.2, 0.25) is 0 Å². The van der Waals surface area contributed by atoms with Gasteiger partial charge >= 0.3 is 11.9 Å². The average Bonchev–Trinajstić information content (AvgIpc) is 3.52. The Balaban J connectivity index is 1.62. The van der Waals surface area contributed by atoms with Crippen molar-refractivity contribution in [3.05, 3.63) is 42.2 Å². The number of nitrogens with zero attached hydrogens (tertiary/aromatic N) is 1. The van der Waals surface area contributed by atoms with Gasteiger partial charge in [0.25, 0.3) is 0 Å². The molecule has 0 radical (unpaired) electrons. The van der Waals surface area contributed by atoms with Gasteiger partial charge in [-0.2, -0.15) is 0 Å². The van der Waals surface area contributed by atoms with E-state index in [1.54, 1.807) is 0 Å². The monoisotopic (exact) mass is 545 g/mol.